The molecule has 2 aromatic heterocycles. The van der Waals surface area contributed by atoms with Gasteiger partial charge < -0.3 is 15.0 Å². The van der Waals surface area contributed by atoms with Gasteiger partial charge in [-0.2, -0.15) is 0 Å². The first-order chi connectivity index (χ1) is 14.2. The van der Waals surface area contributed by atoms with E-state index < -0.39 is 0 Å². The fraction of sp³-hybridized carbons (Fsp3) is 0.458. The highest BCUT2D eigenvalue weighted by atomic mass is 16.5. The quantitative estimate of drug-likeness (QED) is 0.692. The maximum atomic E-state index is 5.62. The summed E-state index contributed by atoms with van der Waals surface area (Å²) in [7, 11) is 3.80. The van der Waals surface area contributed by atoms with Gasteiger partial charge in [-0.05, 0) is 76.3 Å². The molecule has 1 saturated heterocycles. The molecule has 0 saturated carbocycles. The molecule has 1 aromatic carbocycles. The van der Waals surface area contributed by atoms with Crippen LogP contribution in [0.5, 0.6) is 5.75 Å². The highest BCUT2D eigenvalue weighted by Gasteiger charge is 2.39. The van der Waals surface area contributed by atoms with Crippen LogP contribution >= 0.6 is 0 Å². The van der Waals surface area contributed by atoms with Crippen molar-refractivity contribution >= 4 is 16.6 Å². The van der Waals surface area contributed by atoms with Crippen LogP contribution in [0.3, 0.4) is 0 Å². The van der Waals surface area contributed by atoms with E-state index in [1.165, 1.54) is 0 Å². The summed E-state index contributed by atoms with van der Waals surface area (Å²) in [5, 5.41) is 15.0. The molecule has 1 aliphatic rings. The highest BCUT2D eigenvalue weighted by molar-refractivity contribution is 5.89. The first kappa shape index (κ1) is 20.5. The van der Waals surface area contributed by atoms with Gasteiger partial charge in [-0.15, -0.1) is 10.2 Å². The molecule has 6 nitrogen and oxygen atoms in total. The number of benzene rings is 1. The number of anilines is 1. The minimum atomic E-state index is 0.0839. The molecule has 0 atom stereocenters. The third kappa shape index (κ3) is 4.10. The van der Waals surface area contributed by atoms with Crippen LogP contribution in [0, 0.1) is 0 Å². The molecular weight excluding hydrogens is 374 g/mol. The number of hydrogen-bond acceptors (Lipinski definition) is 6. The maximum Gasteiger partial charge on any atom is 0.151 e. The van der Waals surface area contributed by atoms with E-state index in [9.17, 15) is 0 Å². The number of hydrogen-bond donors (Lipinski definition) is 1. The van der Waals surface area contributed by atoms with Gasteiger partial charge in [-0.3, -0.25) is 4.98 Å². The van der Waals surface area contributed by atoms with Crippen molar-refractivity contribution in [3.05, 3.63) is 42.7 Å². The number of pyridine rings is 1. The van der Waals surface area contributed by atoms with E-state index in [0.717, 1.165) is 46.4 Å². The van der Waals surface area contributed by atoms with Gasteiger partial charge in [0.2, 0.25) is 0 Å². The lowest BCUT2D eigenvalue weighted by Crippen LogP contribution is -2.62. The smallest absolute Gasteiger partial charge is 0.151 e. The fourth-order valence-corrected chi connectivity index (χ4v) is 4.87. The number of rotatable bonds is 4. The van der Waals surface area contributed by atoms with Crippen molar-refractivity contribution in [3.8, 4) is 17.0 Å². The normalized spacial score (nSPS) is 18.3. The molecule has 158 valence electrons. The van der Waals surface area contributed by atoms with E-state index in [1.54, 1.807) is 13.3 Å². The topological polar surface area (TPSA) is 63.2 Å². The molecule has 4 rings (SSSR count). The molecule has 3 heterocycles. The van der Waals surface area contributed by atoms with Crippen LogP contribution in [0.25, 0.3) is 22.0 Å². The first-order valence-corrected chi connectivity index (χ1v) is 10.5. The maximum absolute atomic E-state index is 5.62. The Bertz CT molecular complexity index is 1030. The van der Waals surface area contributed by atoms with Gasteiger partial charge in [0, 0.05) is 47.5 Å². The van der Waals surface area contributed by atoms with E-state index in [2.05, 4.69) is 72.3 Å². The molecule has 30 heavy (non-hydrogen) atoms. The number of nitrogens with one attached hydrogen (secondary N) is 1. The second-order valence-corrected chi connectivity index (χ2v) is 9.62. The fourth-order valence-electron chi connectivity index (χ4n) is 4.87. The molecule has 0 amide bonds. The summed E-state index contributed by atoms with van der Waals surface area (Å²) in [6, 6.07) is 10.5. The molecule has 6 heteroatoms. The Morgan fingerprint density at radius 1 is 1.00 bits per heavy atom. The summed E-state index contributed by atoms with van der Waals surface area (Å²) in [5.74, 6) is 1.67. The van der Waals surface area contributed by atoms with Gasteiger partial charge in [-0.25, -0.2) is 0 Å². The molecule has 1 fully saturated rings. The standard InChI is InChI=1S/C24H31N5O/c1-23(2)13-18(14-24(3,4)28-23)29(5)22-8-7-20(26-27-22)19-11-17-15-25-10-9-16(17)12-21(19)30-6/h7-12,15,18,28H,13-14H2,1-6H3. The van der Waals surface area contributed by atoms with E-state index in [1.807, 2.05) is 24.4 Å². The second-order valence-electron chi connectivity index (χ2n) is 9.62. The largest absolute Gasteiger partial charge is 0.496 e. The molecule has 0 unspecified atom stereocenters. The van der Waals surface area contributed by atoms with Crippen LogP contribution in [0.2, 0.25) is 0 Å². The lowest BCUT2D eigenvalue weighted by Gasteiger charge is -2.49. The third-order valence-corrected chi connectivity index (χ3v) is 5.96. The Balaban J connectivity index is 1.62. The van der Waals surface area contributed by atoms with E-state index >= 15 is 0 Å². The molecular formula is C24H31N5O. The molecule has 1 aliphatic heterocycles. The molecule has 0 spiro atoms. The zero-order chi connectivity index (χ0) is 21.5. The first-order valence-electron chi connectivity index (χ1n) is 10.5. The van der Waals surface area contributed by atoms with Crippen LogP contribution in [-0.2, 0) is 0 Å². The van der Waals surface area contributed by atoms with Crippen molar-refractivity contribution in [2.45, 2.75) is 57.7 Å². The predicted molar refractivity (Wildman–Crippen MR) is 122 cm³/mol. The lowest BCUT2D eigenvalue weighted by atomic mass is 9.79. The SMILES string of the molecule is COc1cc2ccncc2cc1-c1ccc(N(C)C2CC(C)(C)NC(C)(C)C2)nn1. The van der Waals surface area contributed by atoms with Gasteiger partial charge >= 0.3 is 0 Å². The summed E-state index contributed by atoms with van der Waals surface area (Å²) >= 11 is 0. The molecule has 0 bridgehead atoms. The average molecular weight is 406 g/mol. The van der Waals surface area contributed by atoms with Gasteiger partial charge in [0.25, 0.3) is 0 Å². The van der Waals surface area contributed by atoms with Gasteiger partial charge in [0.05, 0.1) is 12.8 Å². The van der Waals surface area contributed by atoms with Crippen molar-refractivity contribution < 1.29 is 4.74 Å². The van der Waals surface area contributed by atoms with Crippen LogP contribution in [-0.4, -0.2) is 46.5 Å². The van der Waals surface area contributed by atoms with Crippen molar-refractivity contribution in [2.24, 2.45) is 0 Å². The van der Waals surface area contributed by atoms with Crippen molar-refractivity contribution in [1.29, 1.82) is 0 Å². The van der Waals surface area contributed by atoms with Crippen molar-refractivity contribution in [1.82, 2.24) is 20.5 Å². The van der Waals surface area contributed by atoms with E-state index in [-0.39, 0.29) is 11.1 Å². The Morgan fingerprint density at radius 2 is 1.73 bits per heavy atom. The summed E-state index contributed by atoms with van der Waals surface area (Å²) in [6.45, 7) is 9.07. The van der Waals surface area contributed by atoms with Crippen LogP contribution in [0.4, 0.5) is 5.82 Å². The Hall–Kier alpha value is -2.73. The van der Waals surface area contributed by atoms with Crippen LogP contribution in [0.1, 0.15) is 40.5 Å². The zero-order valence-electron chi connectivity index (χ0n) is 18.7. The summed E-state index contributed by atoms with van der Waals surface area (Å²) in [4.78, 5) is 6.49. The molecule has 0 aliphatic carbocycles. The van der Waals surface area contributed by atoms with Crippen molar-refractivity contribution in [2.75, 3.05) is 19.1 Å². The molecule has 0 radical (unpaired) electrons. The van der Waals surface area contributed by atoms with Gasteiger partial charge in [-0.1, -0.05) is 0 Å². The minimum absolute atomic E-state index is 0.0839. The van der Waals surface area contributed by atoms with Crippen molar-refractivity contribution in [3.63, 3.8) is 0 Å². The Morgan fingerprint density at radius 3 is 2.37 bits per heavy atom. The number of nitrogens with zero attached hydrogens (tertiary/aromatic N) is 4. The highest BCUT2D eigenvalue weighted by Crippen LogP contribution is 2.35. The number of methoxy groups -OCH3 is 1. The van der Waals surface area contributed by atoms with E-state index in [4.69, 9.17) is 4.74 Å². The van der Waals surface area contributed by atoms with Crippen LogP contribution in [0.15, 0.2) is 42.7 Å². The Labute approximate surface area is 178 Å². The molecule has 1 N–H and O–H groups in total. The van der Waals surface area contributed by atoms with Gasteiger partial charge in [0.1, 0.15) is 5.75 Å². The number of piperidine rings is 1. The third-order valence-electron chi connectivity index (χ3n) is 5.96. The zero-order valence-corrected chi connectivity index (χ0v) is 18.7. The van der Waals surface area contributed by atoms with Gasteiger partial charge in [0.15, 0.2) is 5.82 Å². The monoisotopic (exact) mass is 405 g/mol. The lowest BCUT2D eigenvalue weighted by molar-refractivity contribution is 0.160. The Kier molecular flexibility index (Phi) is 5.14. The second kappa shape index (κ2) is 7.51. The number of fused-ring (bicyclic) bond motifs is 1. The predicted octanol–water partition coefficient (Wildman–Crippen LogP) is 4.45. The molecule has 3 aromatic rings. The van der Waals surface area contributed by atoms with Crippen LogP contribution < -0.4 is 15.0 Å². The summed E-state index contributed by atoms with van der Waals surface area (Å²) in [5.41, 5.74) is 1.88. The summed E-state index contributed by atoms with van der Waals surface area (Å²) < 4.78 is 5.62. The number of aromatic nitrogens is 3. The average Bonchev–Trinajstić information content (AvgIpc) is 2.70. The summed E-state index contributed by atoms with van der Waals surface area (Å²) in [6.07, 6.45) is 5.76. The van der Waals surface area contributed by atoms with E-state index in [0.29, 0.717) is 6.04 Å². The minimum Gasteiger partial charge on any atom is -0.496 e. The number of ether oxygens (including phenoxy) is 1.